The first kappa shape index (κ1) is 34.4. The monoisotopic (exact) mass is 750 g/mol. The van der Waals surface area contributed by atoms with Crippen molar-refractivity contribution in [2.75, 3.05) is 50.0 Å². The molecule has 0 spiro atoms. The average molecular weight is 751 g/mol. The molecule has 6 heterocycles. The summed E-state index contributed by atoms with van der Waals surface area (Å²) in [5, 5.41) is 18.1. The van der Waals surface area contributed by atoms with Crippen LogP contribution in [0.5, 0.6) is 6.01 Å². The molecule has 0 aliphatic carbocycles. The van der Waals surface area contributed by atoms with Crippen molar-refractivity contribution in [3.63, 3.8) is 0 Å². The lowest BCUT2D eigenvalue weighted by molar-refractivity contribution is 0.107. The first-order valence-corrected chi connectivity index (χ1v) is 18.4. The van der Waals surface area contributed by atoms with Gasteiger partial charge < -0.3 is 20.3 Å². The molecule has 3 aliphatic rings. The molecular weight excluding hydrogens is 717 g/mol. The second kappa shape index (κ2) is 13.4. The van der Waals surface area contributed by atoms with Gasteiger partial charge in [-0.1, -0.05) is 22.9 Å². The van der Waals surface area contributed by atoms with E-state index in [1.54, 1.807) is 11.0 Å². The number of alkyl halides is 1. The van der Waals surface area contributed by atoms with E-state index >= 15 is 4.39 Å². The van der Waals surface area contributed by atoms with Crippen LogP contribution < -0.4 is 15.4 Å². The fourth-order valence-electron chi connectivity index (χ4n) is 8.26. The van der Waals surface area contributed by atoms with Crippen LogP contribution in [0.1, 0.15) is 44.6 Å². The van der Waals surface area contributed by atoms with Crippen LogP contribution in [0.2, 0.25) is 5.02 Å². The van der Waals surface area contributed by atoms with Gasteiger partial charge >= 0.3 is 12.0 Å². The van der Waals surface area contributed by atoms with E-state index in [0.717, 1.165) is 30.7 Å². The highest BCUT2D eigenvalue weighted by Gasteiger charge is 2.49. The average Bonchev–Trinajstić information content (AvgIpc) is 3.93. The number of nitriles is 1. The molecule has 1 amide bonds. The third kappa shape index (κ3) is 5.66. The second-order valence-corrected chi connectivity index (χ2v) is 15.0. The van der Waals surface area contributed by atoms with Crippen molar-refractivity contribution >= 4 is 60.8 Å². The quantitative estimate of drug-likeness (QED) is 0.199. The molecule has 270 valence electrons. The molecule has 12 nitrogen and oxygen atoms in total. The number of nitrogens with zero attached hydrogens (tertiary/aromatic N) is 9. The summed E-state index contributed by atoms with van der Waals surface area (Å²) in [6.45, 7) is 4.43. The number of carbonyl (C=O) groups is 1. The van der Waals surface area contributed by atoms with Gasteiger partial charge in [0, 0.05) is 48.9 Å². The highest BCUT2D eigenvalue weighted by atomic mass is 35.5. The fourth-order valence-corrected chi connectivity index (χ4v) is 9.50. The standard InChI is InChI=1S/C35H34ClF3N10O2S/c1-2-48(34(50)49-12-9-42-45-49)20-5-3-10-46(17-20)32-22-13-24(36)27(21-6-7-25(38)30-26(21)23(15-40)31(41)52-30)28(39)29(22)43-33(44-32)51-18-35-8-4-11-47(35)16-19(37)14-35/h6-7,9,12-13,19-20H,2-5,8,10-11,14,16-18,41H2,1H3/t19-,20?,35+/m1/s1. The van der Waals surface area contributed by atoms with Crippen molar-refractivity contribution < 1.29 is 22.7 Å². The molecule has 0 bridgehead atoms. The maximum absolute atomic E-state index is 17.2. The number of benzene rings is 2. The largest absolute Gasteiger partial charge is 0.461 e. The first-order valence-electron chi connectivity index (χ1n) is 17.2. The maximum Gasteiger partial charge on any atom is 0.346 e. The van der Waals surface area contributed by atoms with E-state index in [-0.39, 0.29) is 67.0 Å². The SMILES string of the molecule is CCN(C(=O)n1ccnn1)C1CCCN(c2nc(OC[C@@]34CCCN3C[C@H](F)C4)nc3c(F)c(-c4ccc(F)c5sc(N)c(C#N)c45)c(Cl)cc23)C1. The van der Waals surface area contributed by atoms with E-state index in [4.69, 9.17) is 27.1 Å². The Morgan fingerprint density at radius 3 is 2.87 bits per heavy atom. The second-order valence-electron chi connectivity index (χ2n) is 13.5. The molecule has 3 fully saturated rings. The number of nitrogens with two attached hydrogens (primary N) is 1. The minimum atomic E-state index is -0.969. The van der Waals surface area contributed by atoms with Crippen molar-refractivity contribution in [2.45, 2.75) is 56.8 Å². The van der Waals surface area contributed by atoms with Crippen molar-refractivity contribution in [1.29, 1.82) is 5.26 Å². The molecule has 2 aromatic carbocycles. The number of likely N-dealkylation sites (N-methyl/N-ethyl adjacent to an activating group) is 1. The predicted molar refractivity (Wildman–Crippen MR) is 191 cm³/mol. The third-order valence-corrected chi connectivity index (χ3v) is 11.9. The lowest BCUT2D eigenvalue weighted by Gasteiger charge is -2.39. The number of hydrogen-bond donors (Lipinski definition) is 1. The Morgan fingerprint density at radius 2 is 2.10 bits per heavy atom. The molecule has 0 radical (unpaired) electrons. The van der Waals surface area contributed by atoms with Crippen LogP contribution in [0.15, 0.2) is 30.6 Å². The molecule has 17 heteroatoms. The maximum atomic E-state index is 17.2. The molecule has 3 aliphatic heterocycles. The Kier molecular flexibility index (Phi) is 8.83. The summed E-state index contributed by atoms with van der Waals surface area (Å²) in [6, 6.07) is 5.51. The van der Waals surface area contributed by atoms with E-state index in [9.17, 15) is 18.8 Å². The van der Waals surface area contributed by atoms with Crippen molar-refractivity contribution in [3.05, 3.63) is 52.8 Å². The number of anilines is 2. The number of nitrogen functional groups attached to an aromatic ring is 1. The zero-order valence-corrected chi connectivity index (χ0v) is 29.7. The summed E-state index contributed by atoms with van der Waals surface area (Å²) in [5.74, 6) is -1.05. The number of piperidine rings is 1. The zero-order chi connectivity index (χ0) is 36.3. The van der Waals surface area contributed by atoms with Gasteiger partial charge in [-0.2, -0.15) is 19.9 Å². The van der Waals surface area contributed by atoms with Crippen LogP contribution in [0.3, 0.4) is 0 Å². The number of ether oxygens (including phenoxy) is 1. The van der Waals surface area contributed by atoms with Crippen LogP contribution >= 0.6 is 22.9 Å². The fraction of sp³-hybridized carbons (Fsp3) is 0.429. The summed E-state index contributed by atoms with van der Waals surface area (Å²) in [6.07, 6.45) is 5.37. The zero-order valence-electron chi connectivity index (χ0n) is 28.2. The van der Waals surface area contributed by atoms with Crippen LogP contribution in [0.25, 0.3) is 32.1 Å². The molecule has 8 rings (SSSR count). The molecule has 3 atom stereocenters. The number of hydrogen-bond acceptors (Lipinski definition) is 11. The molecule has 5 aromatic rings. The van der Waals surface area contributed by atoms with Crippen molar-refractivity contribution in [1.82, 2.24) is 34.8 Å². The van der Waals surface area contributed by atoms with E-state index in [1.165, 1.54) is 29.2 Å². The van der Waals surface area contributed by atoms with Gasteiger partial charge in [0.1, 0.15) is 41.0 Å². The summed E-state index contributed by atoms with van der Waals surface area (Å²) in [4.78, 5) is 28.6. The number of fused-ring (bicyclic) bond motifs is 3. The van der Waals surface area contributed by atoms with E-state index in [2.05, 4.69) is 20.2 Å². The Hall–Kier alpha value is -4.72. The van der Waals surface area contributed by atoms with Crippen LogP contribution in [0, 0.1) is 23.0 Å². The van der Waals surface area contributed by atoms with Crippen LogP contribution in [-0.4, -0.2) is 97.9 Å². The molecule has 2 N–H and O–H groups in total. The number of carbonyl (C=O) groups excluding carboxylic acids is 1. The summed E-state index contributed by atoms with van der Waals surface area (Å²) < 4.78 is 54.3. The minimum absolute atomic E-state index is 0.00405. The normalized spacial score (nSPS) is 21.9. The van der Waals surface area contributed by atoms with Gasteiger partial charge in [0.2, 0.25) is 0 Å². The van der Waals surface area contributed by atoms with Crippen molar-refractivity contribution in [3.8, 4) is 23.2 Å². The number of aromatic nitrogens is 5. The van der Waals surface area contributed by atoms with Gasteiger partial charge in [-0.25, -0.2) is 18.0 Å². The Labute approximate surface area is 305 Å². The van der Waals surface area contributed by atoms with Crippen LogP contribution in [-0.2, 0) is 0 Å². The van der Waals surface area contributed by atoms with Gasteiger partial charge in [-0.3, -0.25) is 4.90 Å². The van der Waals surface area contributed by atoms with Crippen molar-refractivity contribution in [2.24, 2.45) is 0 Å². The minimum Gasteiger partial charge on any atom is -0.461 e. The Morgan fingerprint density at radius 1 is 1.25 bits per heavy atom. The molecule has 3 saturated heterocycles. The third-order valence-electron chi connectivity index (χ3n) is 10.6. The van der Waals surface area contributed by atoms with Crippen LogP contribution in [0.4, 0.5) is 28.8 Å². The molecule has 52 heavy (non-hydrogen) atoms. The van der Waals surface area contributed by atoms with E-state index in [1.807, 2.05) is 17.9 Å². The van der Waals surface area contributed by atoms with Gasteiger partial charge in [-0.05, 0) is 56.8 Å². The Bertz CT molecular complexity index is 2250. The first-order chi connectivity index (χ1) is 25.1. The lowest BCUT2D eigenvalue weighted by Crippen LogP contribution is -2.51. The van der Waals surface area contributed by atoms with E-state index < -0.39 is 23.3 Å². The summed E-state index contributed by atoms with van der Waals surface area (Å²) >= 11 is 7.80. The number of rotatable bonds is 7. The Balaban J connectivity index is 1.25. The topological polar surface area (TPSA) is 142 Å². The summed E-state index contributed by atoms with van der Waals surface area (Å²) in [7, 11) is 0. The van der Waals surface area contributed by atoms with Gasteiger partial charge in [0.15, 0.2) is 5.82 Å². The molecule has 0 saturated carbocycles. The lowest BCUT2D eigenvalue weighted by atomic mass is 9.95. The highest BCUT2D eigenvalue weighted by molar-refractivity contribution is 7.23. The molecule has 3 aromatic heterocycles. The predicted octanol–water partition coefficient (Wildman–Crippen LogP) is 6.40. The van der Waals surface area contributed by atoms with Gasteiger partial charge in [0.25, 0.3) is 0 Å². The van der Waals surface area contributed by atoms with E-state index in [0.29, 0.717) is 56.6 Å². The summed E-state index contributed by atoms with van der Waals surface area (Å²) in [5.41, 5.74) is 5.63. The molecular formula is C35H34ClF3N10O2S. The smallest absolute Gasteiger partial charge is 0.346 e. The highest BCUT2D eigenvalue weighted by Crippen LogP contribution is 2.46. The van der Waals surface area contributed by atoms with Gasteiger partial charge in [0.05, 0.1) is 39.3 Å². The number of amides is 1. The number of thiophene rings is 1. The number of halogens is 4. The molecule has 1 unspecified atom stereocenters. The van der Waals surface area contributed by atoms with Gasteiger partial charge in [-0.15, -0.1) is 16.4 Å².